The Hall–Kier alpha value is -2.38. The van der Waals surface area contributed by atoms with Crippen LogP contribution in [0, 0.1) is 0 Å². The first-order chi connectivity index (χ1) is 11.1. The van der Waals surface area contributed by atoms with E-state index in [0.717, 1.165) is 5.56 Å². The number of ether oxygens (including phenoxy) is 1. The Morgan fingerprint density at radius 1 is 1.13 bits per heavy atom. The van der Waals surface area contributed by atoms with Crippen molar-refractivity contribution in [1.29, 1.82) is 0 Å². The molecule has 4 N–H and O–H groups in total. The number of benzene rings is 2. The van der Waals surface area contributed by atoms with Gasteiger partial charge in [0.1, 0.15) is 5.75 Å². The smallest absolute Gasteiger partial charge is 0.265 e. The number of rotatable bonds is 6. The predicted octanol–water partition coefficient (Wildman–Crippen LogP) is 1.75. The number of nitrogens with two attached hydrogens (primary N) is 1. The summed E-state index contributed by atoms with van der Waals surface area (Å²) >= 11 is 3.29. The molecular weight excluding hydrogens is 362 g/mol. The van der Waals surface area contributed by atoms with Crippen LogP contribution in [0.4, 0.5) is 0 Å². The second-order valence-corrected chi connectivity index (χ2v) is 5.52. The maximum absolute atomic E-state index is 11.8. The van der Waals surface area contributed by atoms with E-state index in [2.05, 4.69) is 21.2 Å². The SMILES string of the molecule is NNC(=O)c1ccc(OCC(=O)NCc2ccccc2)c(Br)c1. The molecule has 2 amide bonds. The second-order valence-electron chi connectivity index (χ2n) is 4.67. The summed E-state index contributed by atoms with van der Waals surface area (Å²) in [6.45, 7) is 0.327. The van der Waals surface area contributed by atoms with Crippen molar-refractivity contribution in [2.45, 2.75) is 6.54 Å². The van der Waals surface area contributed by atoms with Gasteiger partial charge < -0.3 is 10.1 Å². The summed E-state index contributed by atoms with van der Waals surface area (Å²) in [5.41, 5.74) is 3.45. The maximum Gasteiger partial charge on any atom is 0.265 e. The van der Waals surface area contributed by atoms with Crippen LogP contribution < -0.4 is 21.3 Å². The minimum atomic E-state index is -0.405. The highest BCUT2D eigenvalue weighted by atomic mass is 79.9. The molecule has 2 aromatic rings. The zero-order valence-corrected chi connectivity index (χ0v) is 13.8. The number of carbonyl (C=O) groups excluding carboxylic acids is 2. The van der Waals surface area contributed by atoms with Crippen LogP contribution in [0.2, 0.25) is 0 Å². The highest BCUT2D eigenvalue weighted by molar-refractivity contribution is 9.10. The number of hydrazine groups is 1. The van der Waals surface area contributed by atoms with Gasteiger partial charge in [-0.15, -0.1) is 0 Å². The van der Waals surface area contributed by atoms with Gasteiger partial charge in [-0.05, 0) is 39.7 Å². The molecule has 0 saturated heterocycles. The molecule has 0 aromatic heterocycles. The van der Waals surface area contributed by atoms with Gasteiger partial charge in [0.15, 0.2) is 6.61 Å². The van der Waals surface area contributed by atoms with Crippen LogP contribution >= 0.6 is 15.9 Å². The Bertz CT molecular complexity index is 692. The van der Waals surface area contributed by atoms with Gasteiger partial charge in [0.25, 0.3) is 11.8 Å². The van der Waals surface area contributed by atoms with E-state index in [0.29, 0.717) is 22.3 Å². The number of amides is 2. The lowest BCUT2D eigenvalue weighted by atomic mass is 10.2. The average molecular weight is 378 g/mol. The molecule has 120 valence electrons. The molecule has 2 aromatic carbocycles. The number of hydrogen-bond donors (Lipinski definition) is 3. The van der Waals surface area contributed by atoms with Crippen LogP contribution in [-0.2, 0) is 11.3 Å². The molecule has 7 heteroatoms. The second kappa shape index (κ2) is 8.30. The Morgan fingerprint density at radius 3 is 2.52 bits per heavy atom. The number of halogens is 1. The number of nitrogens with one attached hydrogen (secondary N) is 2. The van der Waals surface area contributed by atoms with Crippen molar-refractivity contribution in [2.24, 2.45) is 5.84 Å². The quantitative estimate of drug-likeness (QED) is 0.406. The minimum Gasteiger partial charge on any atom is -0.483 e. The summed E-state index contributed by atoms with van der Waals surface area (Å²) in [6, 6.07) is 14.3. The van der Waals surface area contributed by atoms with E-state index in [4.69, 9.17) is 10.6 Å². The van der Waals surface area contributed by atoms with Gasteiger partial charge in [0.2, 0.25) is 0 Å². The van der Waals surface area contributed by atoms with E-state index < -0.39 is 5.91 Å². The van der Waals surface area contributed by atoms with Crippen LogP contribution in [0.15, 0.2) is 53.0 Å². The molecule has 0 heterocycles. The van der Waals surface area contributed by atoms with Gasteiger partial charge in [0.05, 0.1) is 4.47 Å². The number of nitrogen functional groups attached to an aromatic ring is 1. The summed E-state index contributed by atoms with van der Waals surface area (Å²) in [5.74, 6) is 4.90. The van der Waals surface area contributed by atoms with Gasteiger partial charge in [0, 0.05) is 12.1 Å². The maximum atomic E-state index is 11.8. The summed E-state index contributed by atoms with van der Waals surface area (Å²) < 4.78 is 6.00. The van der Waals surface area contributed by atoms with Crippen molar-refractivity contribution in [3.8, 4) is 5.75 Å². The number of hydrogen-bond acceptors (Lipinski definition) is 4. The van der Waals surface area contributed by atoms with Gasteiger partial charge in [-0.2, -0.15) is 0 Å². The predicted molar refractivity (Wildman–Crippen MR) is 89.6 cm³/mol. The molecule has 23 heavy (non-hydrogen) atoms. The van der Waals surface area contributed by atoms with Gasteiger partial charge in [-0.3, -0.25) is 15.0 Å². The summed E-state index contributed by atoms with van der Waals surface area (Å²) in [5, 5.41) is 2.77. The molecule has 0 saturated carbocycles. The molecule has 0 bridgehead atoms. The zero-order chi connectivity index (χ0) is 16.7. The summed E-state index contributed by atoms with van der Waals surface area (Å²) in [6.07, 6.45) is 0. The molecular formula is C16H16BrN3O3. The van der Waals surface area contributed by atoms with Gasteiger partial charge in [-0.1, -0.05) is 30.3 Å². The Balaban J connectivity index is 1.85. The van der Waals surface area contributed by atoms with Crippen LogP contribution in [0.1, 0.15) is 15.9 Å². The highest BCUT2D eigenvalue weighted by Crippen LogP contribution is 2.25. The molecule has 0 unspecified atom stereocenters. The van der Waals surface area contributed by atoms with Crippen molar-refractivity contribution in [1.82, 2.24) is 10.7 Å². The third-order valence-corrected chi connectivity index (χ3v) is 3.64. The first-order valence-electron chi connectivity index (χ1n) is 6.84. The van der Waals surface area contributed by atoms with Crippen LogP contribution in [0.3, 0.4) is 0 Å². The van der Waals surface area contributed by atoms with E-state index in [1.54, 1.807) is 18.2 Å². The summed E-state index contributed by atoms with van der Waals surface area (Å²) in [4.78, 5) is 23.2. The Labute approximate surface area is 142 Å². The third-order valence-electron chi connectivity index (χ3n) is 3.02. The van der Waals surface area contributed by atoms with Crippen molar-refractivity contribution in [3.63, 3.8) is 0 Å². The van der Waals surface area contributed by atoms with Crippen molar-refractivity contribution in [2.75, 3.05) is 6.61 Å². The Kier molecular flexibility index (Phi) is 6.13. The fraction of sp³-hybridized carbons (Fsp3) is 0.125. The van der Waals surface area contributed by atoms with E-state index >= 15 is 0 Å². The van der Waals surface area contributed by atoms with Crippen molar-refractivity contribution < 1.29 is 14.3 Å². The monoisotopic (exact) mass is 377 g/mol. The van der Waals surface area contributed by atoms with E-state index in [1.165, 1.54) is 0 Å². The van der Waals surface area contributed by atoms with Crippen LogP contribution in [-0.4, -0.2) is 18.4 Å². The fourth-order valence-corrected chi connectivity index (χ4v) is 2.33. The molecule has 0 atom stereocenters. The number of carbonyl (C=O) groups is 2. The van der Waals surface area contributed by atoms with Gasteiger partial charge >= 0.3 is 0 Å². The fourth-order valence-electron chi connectivity index (χ4n) is 1.83. The molecule has 0 aliphatic rings. The molecule has 6 nitrogen and oxygen atoms in total. The van der Waals surface area contributed by atoms with E-state index in [9.17, 15) is 9.59 Å². The van der Waals surface area contributed by atoms with Crippen LogP contribution in [0.5, 0.6) is 5.75 Å². The average Bonchev–Trinajstić information content (AvgIpc) is 2.59. The molecule has 0 spiro atoms. The lowest BCUT2D eigenvalue weighted by Gasteiger charge is -2.10. The molecule has 0 aliphatic heterocycles. The highest BCUT2D eigenvalue weighted by Gasteiger charge is 2.09. The normalized spacial score (nSPS) is 10.0. The van der Waals surface area contributed by atoms with E-state index in [1.807, 2.05) is 35.8 Å². The minimum absolute atomic E-state index is 0.117. The summed E-state index contributed by atoms with van der Waals surface area (Å²) in [7, 11) is 0. The molecule has 2 rings (SSSR count). The largest absolute Gasteiger partial charge is 0.483 e. The van der Waals surface area contributed by atoms with Crippen molar-refractivity contribution >= 4 is 27.7 Å². The van der Waals surface area contributed by atoms with Crippen molar-refractivity contribution in [3.05, 3.63) is 64.1 Å². The first-order valence-corrected chi connectivity index (χ1v) is 7.63. The lowest BCUT2D eigenvalue weighted by molar-refractivity contribution is -0.123. The first kappa shape index (κ1) is 17.0. The zero-order valence-electron chi connectivity index (χ0n) is 12.2. The molecule has 0 fully saturated rings. The standard InChI is InChI=1S/C16H16BrN3O3/c17-13-8-12(16(22)20-18)6-7-14(13)23-10-15(21)19-9-11-4-2-1-3-5-11/h1-8H,9-10,18H2,(H,19,21)(H,20,22). The van der Waals surface area contributed by atoms with E-state index in [-0.39, 0.29) is 12.5 Å². The van der Waals surface area contributed by atoms with Crippen LogP contribution in [0.25, 0.3) is 0 Å². The van der Waals surface area contributed by atoms with Gasteiger partial charge in [-0.25, -0.2) is 5.84 Å². The molecule has 0 aliphatic carbocycles. The lowest BCUT2D eigenvalue weighted by Crippen LogP contribution is -2.30. The molecule has 0 radical (unpaired) electrons. The Morgan fingerprint density at radius 2 is 1.87 bits per heavy atom. The third kappa shape index (κ3) is 5.08. The topological polar surface area (TPSA) is 93.4 Å².